The summed E-state index contributed by atoms with van der Waals surface area (Å²) in [6, 6.07) is 50.0. The third-order valence-electron chi connectivity index (χ3n) is 12.3. The fourth-order valence-electron chi connectivity index (χ4n) is 8.68. The number of phenols is 1. The molecule has 1 N–H and O–H groups in total. The van der Waals surface area contributed by atoms with Gasteiger partial charge in [0, 0.05) is 77.7 Å². The second kappa shape index (κ2) is 15.7. The first-order valence-electron chi connectivity index (χ1n) is 21.7. The van der Waals surface area contributed by atoms with Crippen LogP contribution in [0.1, 0.15) is 79.1 Å². The molecule has 0 aliphatic heterocycles. The van der Waals surface area contributed by atoms with Crippen LogP contribution in [0.25, 0.3) is 94.5 Å². The number of benzene rings is 6. The third-order valence-corrected chi connectivity index (χ3v) is 12.3. The average Bonchev–Trinajstić information content (AvgIpc) is 3.83. The molecular weight excluding hydrogens is 968 g/mol. The zero-order valence-electron chi connectivity index (χ0n) is 37.7. The number of furan rings is 1. The Balaban J connectivity index is 0.00000518. The van der Waals surface area contributed by atoms with Crippen molar-refractivity contribution >= 4 is 43.9 Å². The van der Waals surface area contributed by atoms with Crippen molar-refractivity contribution < 1.29 is 30.6 Å². The van der Waals surface area contributed by atoms with Crippen LogP contribution < -0.4 is 0 Å². The fourth-order valence-corrected chi connectivity index (χ4v) is 8.68. The van der Waals surface area contributed by atoms with Crippen LogP contribution >= 0.6 is 0 Å². The number of pyridine rings is 2. The van der Waals surface area contributed by atoms with Crippen LogP contribution in [0.15, 0.2) is 144 Å². The number of hydrogen-bond donors (Lipinski definition) is 1. The second-order valence-corrected chi connectivity index (χ2v) is 19.9. The second-order valence-electron chi connectivity index (χ2n) is 19.9. The fraction of sp³-hybridized carbons (Fsp3) is 0.211. The predicted molar refractivity (Wildman–Crippen MR) is 260 cm³/mol. The van der Waals surface area contributed by atoms with Crippen LogP contribution in [0.3, 0.4) is 0 Å². The summed E-state index contributed by atoms with van der Waals surface area (Å²) in [4.78, 5) is 16.0. The van der Waals surface area contributed by atoms with Gasteiger partial charge in [0.2, 0.25) is 0 Å². The maximum atomic E-state index is 11.8. The van der Waals surface area contributed by atoms with E-state index in [-0.39, 0.29) is 43.1 Å². The summed E-state index contributed by atoms with van der Waals surface area (Å²) >= 11 is 0. The van der Waals surface area contributed by atoms with Crippen LogP contribution in [0.4, 0.5) is 0 Å². The molecule has 0 radical (unpaired) electrons. The van der Waals surface area contributed by atoms with Crippen molar-refractivity contribution in [2.75, 3.05) is 0 Å². The van der Waals surface area contributed by atoms with Crippen LogP contribution in [0, 0.1) is 6.07 Å². The molecule has 6 nitrogen and oxygen atoms in total. The number of fused-ring (bicyclic) bond motifs is 5. The molecule has 10 rings (SSSR count). The number of para-hydroxylation sites is 2. The summed E-state index contributed by atoms with van der Waals surface area (Å²) in [5.74, 6) is 0.835. The van der Waals surface area contributed by atoms with Gasteiger partial charge in [-0.05, 0) is 80.4 Å². The Bertz CT molecular complexity index is 3410. The molecule has 0 amide bonds. The monoisotopic (exact) mass is 1020 g/mol. The average molecular weight is 1020 g/mol. The zero-order valence-corrected chi connectivity index (χ0v) is 40.0. The molecular formula is C57H51N4O2Pt-. The number of rotatable bonds is 5. The minimum atomic E-state index is -0.316. The standard InChI is InChI=1S/C57H51N4O2.Pt/c1-55(2,3)37-24-25-46(41(30-37)34-17-11-10-12-18-34)61-47-22-15-21-40(42-32-43-39-20-13-14-23-49(39)63-50(43)33-48(42)62)53(47)60-54(61)36-28-45(59-51(29-36)57(7,8)9)44-31-38(56(4,5)6)27-35-19-16-26-58-52(35)44;/h10-27,29-33,62H,1-9H3;/q-1;. The summed E-state index contributed by atoms with van der Waals surface area (Å²) in [5.41, 5.74) is 13.8. The van der Waals surface area contributed by atoms with E-state index in [4.69, 9.17) is 19.4 Å². The van der Waals surface area contributed by atoms with Crippen molar-refractivity contribution in [1.29, 1.82) is 0 Å². The number of phenolic OH excluding ortho intramolecular Hbond substituents is 1. The first-order chi connectivity index (χ1) is 30.0. The maximum absolute atomic E-state index is 11.8. The van der Waals surface area contributed by atoms with Gasteiger partial charge < -0.3 is 14.1 Å². The van der Waals surface area contributed by atoms with Gasteiger partial charge >= 0.3 is 0 Å². The van der Waals surface area contributed by atoms with Crippen molar-refractivity contribution in [1.82, 2.24) is 19.5 Å². The van der Waals surface area contributed by atoms with Crippen molar-refractivity contribution in [3.63, 3.8) is 0 Å². The predicted octanol–water partition coefficient (Wildman–Crippen LogP) is 14.9. The third kappa shape index (κ3) is 7.52. The molecule has 7 heteroatoms. The van der Waals surface area contributed by atoms with Gasteiger partial charge in [-0.1, -0.05) is 153 Å². The first-order valence-corrected chi connectivity index (χ1v) is 21.7. The van der Waals surface area contributed by atoms with Gasteiger partial charge in [-0.15, -0.1) is 17.7 Å². The Hall–Kier alpha value is -6.36. The van der Waals surface area contributed by atoms with Gasteiger partial charge in [0.25, 0.3) is 0 Å². The van der Waals surface area contributed by atoms with Crippen molar-refractivity contribution in [3.05, 3.63) is 163 Å². The molecule has 0 saturated heterocycles. The Morgan fingerprint density at radius 3 is 2.05 bits per heavy atom. The van der Waals surface area contributed by atoms with Crippen LogP contribution in [0.2, 0.25) is 0 Å². The van der Waals surface area contributed by atoms with Crippen LogP contribution in [-0.4, -0.2) is 24.6 Å². The molecule has 0 atom stereocenters. The molecule has 6 aromatic carbocycles. The number of hydrogen-bond acceptors (Lipinski definition) is 5. The largest absolute Gasteiger partial charge is 0.507 e. The molecule has 0 aliphatic carbocycles. The molecule has 0 aliphatic rings. The molecule has 0 saturated carbocycles. The van der Waals surface area contributed by atoms with E-state index in [1.807, 2.05) is 42.6 Å². The van der Waals surface area contributed by atoms with E-state index in [1.165, 1.54) is 11.1 Å². The first kappa shape index (κ1) is 42.9. The molecule has 322 valence electrons. The van der Waals surface area contributed by atoms with Crippen LogP contribution in [0.5, 0.6) is 5.75 Å². The quantitative estimate of drug-likeness (QED) is 0.174. The van der Waals surface area contributed by atoms with E-state index in [1.54, 1.807) is 6.07 Å². The molecule has 0 spiro atoms. The molecule has 0 bridgehead atoms. The molecule has 0 fully saturated rings. The number of aromatic hydroxyl groups is 1. The number of nitrogens with zero attached hydrogens (tertiary/aromatic N) is 4. The number of aromatic nitrogens is 4. The Morgan fingerprint density at radius 2 is 1.30 bits per heavy atom. The van der Waals surface area contributed by atoms with Crippen LogP contribution in [-0.2, 0) is 37.3 Å². The van der Waals surface area contributed by atoms with Crippen molar-refractivity contribution in [2.45, 2.75) is 78.6 Å². The smallest absolute Gasteiger partial charge is 0.139 e. The van der Waals surface area contributed by atoms with E-state index in [9.17, 15) is 5.11 Å². The minimum absolute atomic E-state index is 0. The van der Waals surface area contributed by atoms with Gasteiger partial charge in [0.05, 0.1) is 16.9 Å². The normalized spacial score (nSPS) is 12.4. The Morgan fingerprint density at radius 1 is 0.562 bits per heavy atom. The topological polar surface area (TPSA) is 77.0 Å². The van der Waals surface area contributed by atoms with Gasteiger partial charge in [0.1, 0.15) is 16.9 Å². The van der Waals surface area contributed by atoms with E-state index in [0.29, 0.717) is 22.7 Å². The Labute approximate surface area is 389 Å². The van der Waals surface area contributed by atoms with Gasteiger partial charge in [-0.25, -0.2) is 0 Å². The molecule has 4 heterocycles. The molecule has 4 aromatic heterocycles. The zero-order chi connectivity index (χ0) is 44.0. The summed E-state index contributed by atoms with van der Waals surface area (Å²) < 4.78 is 8.46. The summed E-state index contributed by atoms with van der Waals surface area (Å²) in [6.45, 7) is 20.1. The minimum Gasteiger partial charge on any atom is -0.507 e. The molecule has 10 aromatic rings. The van der Waals surface area contributed by atoms with Crippen molar-refractivity contribution in [2.24, 2.45) is 0 Å². The number of imidazole rings is 1. The maximum Gasteiger partial charge on any atom is 0.139 e. The van der Waals surface area contributed by atoms with Gasteiger partial charge in [-0.2, -0.15) is 0 Å². The van der Waals surface area contributed by atoms with E-state index >= 15 is 0 Å². The Kier molecular flexibility index (Phi) is 10.5. The summed E-state index contributed by atoms with van der Waals surface area (Å²) in [7, 11) is 0. The SMILES string of the molecule is CC(C)(C)c1ccc(-n2c(-c3[c-]c(-c4cc(C(C)(C)C)cc5cccnc45)nc(C(C)(C)C)c3)nc3c(-c4cc5c(cc4O)oc4ccccc45)cccc32)c(-c2ccccc2)c1.[Pt]. The van der Waals surface area contributed by atoms with E-state index < -0.39 is 0 Å². The van der Waals surface area contributed by atoms with Gasteiger partial charge in [0.15, 0.2) is 0 Å². The van der Waals surface area contributed by atoms with E-state index in [0.717, 1.165) is 77.5 Å². The van der Waals surface area contributed by atoms with Crippen molar-refractivity contribution in [3.8, 4) is 56.3 Å². The summed E-state index contributed by atoms with van der Waals surface area (Å²) in [5, 5.41) is 14.8. The van der Waals surface area contributed by atoms with Gasteiger partial charge in [-0.3, -0.25) is 15.0 Å². The molecule has 64 heavy (non-hydrogen) atoms. The molecule has 0 unspecified atom stereocenters. The van der Waals surface area contributed by atoms with E-state index in [2.05, 4.69) is 164 Å². The summed E-state index contributed by atoms with van der Waals surface area (Å²) in [6.07, 6.45) is 1.85.